The first kappa shape index (κ1) is 13.0. The summed E-state index contributed by atoms with van der Waals surface area (Å²) in [5.41, 5.74) is 7.68. The van der Waals surface area contributed by atoms with Crippen LogP contribution in [0.4, 0.5) is 10.1 Å². The molecular weight excluding hydrogens is 245 g/mol. The molecule has 0 atom stereocenters. The number of carbonyl (C=O) groups is 1. The highest BCUT2D eigenvalue weighted by Crippen LogP contribution is 2.11. The molecule has 2 rings (SSSR count). The van der Waals surface area contributed by atoms with Gasteiger partial charge in [0.05, 0.1) is 12.2 Å². The van der Waals surface area contributed by atoms with Gasteiger partial charge in [0.25, 0.3) is 5.91 Å². The van der Waals surface area contributed by atoms with Crippen molar-refractivity contribution in [2.45, 2.75) is 13.5 Å². The topological polar surface area (TPSA) is 68.0 Å². The Balaban J connectivity index is 2.08. The van der Waals surface area contributed by atoms with E-state index in [1.165, 1.54) is 12.1 Å². The summed E-state index contributed by atoms with van der Waals surface area (Å²) in [6, 6.07) is 7.49. The zero-order valence-corrected chi connectivity index (χ0v) is 10.5. The molecule has 4 nitrogen and oxygen atoms in total. The van der Waals surface area contributed by atoms with E-state index in [1.54, 1.807) is 6.20 Å². The summed E-state index contributed by atoms with van der Waals surface area (Å²) < 4.78 is 13.1. The summed E-state index contributed by atoms with van der Waals surface area (Å²) in [6.07, 6.45) is 1.66. The maximum absolute atomic E-state index is 13.1. The molecule has 5 heteroatoms. The van der Waals surface area contributed by atoms with Crippen molar-refractivity contribution in [2.75, 3.05) is 5.73 Å². The number of hydrogen-bond acceptors (Lipinski definition) is 3. The number of carbonyl (C=O) groups excluding carboxylic acids is 1. The molecule has 0 aliphatic rings. The maximum atomic E-state index is 13.1. The van der Waals surface area contributed by atoms with E-state index in [0.717, 1.165) is 17.3 Å². The largest absolute Gasteiger partial charge is 0.399 e. The minimum absolute atomic E-state index is 0.200. The lowest BCUT2D eigenvalue weighted by Crippen LogP contribution is -2.24. The zero-order chi connectivity index (χ0) is 13.8. The van der Waals surface area contributed by atoms with Gasteiger partial charge in [-0.15, -0.1) is 0 Å². The Morgan fingerprint density at radius 2 is 2.21 bits per heavy atom. The molecule has 0 unspecified atom stereocenters. The molecule has 0 saturated heterocycles. The van der Waals surface area contributed by atoms with E-state index in [-0.39, 0.29) is 17.2 Å². The number of nitrogen functional groups attached to an aromatic ring is 1. The van der Waals surface area contributed by atoms with Gasteiger partial charge >= 0.3 is 0 Å². The van der Waals surface area contributed by atoms with Crippen LogP contribution in [0.15, 0.2) is 36.5 Å². The minimum atomic E-state index is -0.529. The molecule has 0 bridgehead atoms. The van der Waals surface area contributed by atoms with Crippen LogP contribution in [0.5, 0.6) is 0 Å². The van der Waals surface area contributed by atoms with Crippen LogP contribution in [0.1, 0.15) is 21.6 Å². The number of pyridine rings is 1. The first-order valence-electron chi connectivity index (χ1n) is 5.81. The molecule has 0 radical (unpaired) electrons. The van der Waals surface area contributed by atoms with E-state index in [0.29, 0.717) is 6.54 Å². The van der Waals surface area contributed by atoms with Crippen LogP contribution in [0.3, 0.4) is 0 Å². The summed E-state index contributed by atoms with van der Waals surface area (Å²) in [5, 5.41) is 2.69. The van der Waals surface area contributed by atoms with Crippen molar-refractivity contribution in [3.05, 3.63) is 59.2 Å². The van der Waals surface area contributed by atoms with Crippen molar-refractivity contribution >= 4 is 11.6 Å². The van der Waals surface area contributed by atoms with Crippen LogP contribution in [0.25, 0.3) is 0 Å². The Bertz CT molecular complexity index is 593. The Morgan fingerprint density at radius 3 is 2.89 bits per heavy atom. The molecular formula is C14H14FN3O. The molecule has 19 heavy (non-hydrogen) atoms. The first-order valence-corrected chi connectivity index (χ1v) is 5.81. The second-order valence-corrected chi connectivity index (χ2v) is 4.22. The number of halogens is 1. The van der Waals surface area contributed by atoms with Gasteiger partial charge in [0.1, 0.15) is 5.82 Å². The van der Waals surface area contributed by atoms with Crippen molar-refractivity contribution in [1.82, 2.24) is 10.3 Å². The standard InChI is InChI=1S/C14H14FN3O/c1-9-3-2-4-17-13(9)8-18-14(19)10-5-11(15)7-12(16)6-10/h2-7H,8,16H2,1H3,(H,18,19). The molecule has 3 N–H and O–H groups in total. The average Bonchev–Trinajstić information content (AvgIpc) is 2.36. The number of rotatable bonds is 3. The highest BCUT2D eigenvalue weighted by molar-refractivity contribution is 5.94. The SMILES string of the molecule is Cc1cccnc1CNC(=O)c1cc(N)cc(F)c1. The second-order valence-electron chi connectivity index (χ2n) is 4.22. The van der Waals surface area contributed by atoms with Gasteiger partial charge < -0.3 is 11.1 Å². The van der Waals surface area contributed by atoms with Crippen molar-refractivity contribution in [1.29, 1.82) is 0 Å². The van der Waals surface area contributed by atoms with E-state index >= 15 is 0 Å². The second kappa shape index (κ2) is 5.48. The number of nitrogens with two attached hydrogens (primary N) is 1. The van der Waals surface area contributed by atoms with Crippen LogP contribution in [-0.4, -0.2) is 10.9 Å². The van der Waals surface area contributed by atoms with Crippen molar-refractivity contribution < 1.29 is 9.18 Å². The smallest absolute Gasteiger partial charge is 0.251 e. The lowest BCUT2D eigenvalue weighted by Gasteiger charge is -2.07. The molecule has 1 amide bonds. The van der Waals surface area contributed by atoms with E-state index < -0.39 is 5.82 Å². The Hall–Kier alpha value is -2.43. The molecule has 1 heterocycles. The average molecular weight is 259 g/mol. The van der Waals surface area contributed by atoms with Crippen molar-refractivity contribution in [3.63, 3.8) is 0 Å². The fourth-order valence-corrected chi connectivity index (χ4v) is 1.71. The highest BCUT2D eigenvalue weighted by Gasteiger charge is 2.08. The van der Waals surface area contributed by atoms with E-state index in [1.807, 2.05) is 19.1 Å². The molecule has 0 fully saturated rings. The van der Waals surface area contributed by atoms with Crippen LogP contribution in [-0.2, 0) is 6.54 Å². The fraction of sp³-hybridized carbons (Fsp3) is 0.143. The maximum Gasteiger partial charge on any atom is 0.251 e. The van der Waals surface area contributed by atoms with Gasteiger partial charge in [-0.1, -0.05) is 6.07 Å². The number of aromatic nitrogens is 1. The lowest BCUT2D eigenvalue weighted by molar-refractivity contribution is 0.0950. The number of nitrogens with zero attached hydrogens (tertiary/aromatic N) is 1. The summed E-state index contributed by atoms with van der Waals surface area (Å²) in [4.78, 5) is 16.0. The molecule has 0 aliphatic heterocycles. The third-order valence-electron chi connectivity index (χ3n) is 2.72. The summed E-state index contributed by atoms with van der Waals surface area (Å²) in [6.45, 7) is 2.20. The van der Waals surface area contributed by atoms with Crippen LogP contribution in [0.2, 0.25) is 0 Å². The molecule has 1 aromatic carbocycles. The summed E-state index contributed by atoms with van der Waals surface area (Å²) in [7, 11) is 0. The van der Waals surface area contributed by atoms with Crippen molar-refractivity contribution in [2.24, 2.45) is 0 Å². The molecule has 0 spiro atoms. The van der Waals surface area contributed by atoms with Crippen LogP contribution >= 0.6 is 0 Å². The third kappa shape index (κ3) is 3.28. The van der Waals surface area contributed by atoms with Crippen LogP contribution in [0, 0.1) is 12.7 Å². The van der Waals surface area contributed by atoms with Gasteiger partial charge in [0.15, 0.2) is 0 Å². The Labute approximate surface area is 110 Å². The molecule has 2 aromatic rings. The zero-order valence-electron chi connectivity index (χ0n) is 10.5. The van der Waals surface area contributed by atoms with Crippen molar-refractivity contribution in [3.8, 4) is 0 Å². The number of benzene rings is 1. The molecule has 1 aromatic heterocycles. The lowest BCUT2D eigenvalue weighted by atomic mass is 10.1. The summed E-state index contributed by atoms with van der Waals surface area (Å²) in [5.74, 6) is -0.907. The minimum Gasteiger partial charge on any atom is -0.399 e. The number of aryl methyl sites for hydroxylation is 1. The van der Waals surface area contributed by atoms with Gasteiger partial charge in [-0.3, -0.25) is 9.78 Å². The van der Waals surface area contributed by atoms with Gasteiger partial charge in [0.2, 0.25) is 0 Å². The third-order valence-corrected chi connectivity index (χ3v) is 2.72. The van der Waals surface area contributed by atoms with E-state index in [2.05, 4.69) is 10.3 Å². The Kier molecular flexibility index (Phi) is 3.75. The number of hydrogen-bond donors (Lipinski definition) is 2. The monoisotopic (exact) mass is 259 g/mol. The van der Waals surface area contributed by atoms with E-state index in [9.17, 15) is 9.18 Å². The summed E-state index contributed by atoms with van der Waals surface area (Å²) >= 11 is 0. The number of amides is 1. The van der Waals surface area contributed by atoms with Gasteiger partial charge in [-0.05, 0) is 36.8 Å². The molecule has 0 saturated carbocycles. The van der Waals surface area contributed by atoms with Gasteiger partial charge in [0, 0.05) is 17.4 Å². The first-order chi connectivity index (χ1) is 9.06. The van der Waals surface area contributed by atoms with Crippen LogP contribution < -0.4 is 11.1 Å². The highest BCUT2D eigenvalue weighted by atomic mass is 19.1. The van der Waals surface area contributed by atoms with E-state index in [4.69, 9.17) is 5.73 Å². The predicted molar refractivity (Wildman–Crippen MR) is 71.0 cm³/mol. The number of nitrogens with one attached hydrogen (secondary N) is 1. The van der Waals surface area contributed by atoms with Gasteiger partial charge in [-0.2, -0.15) is 0 Å². The normalized spacial score (nSPS) is 10.2. The van der Waals surface area contributed by atoms with Gasteiger partial charge in [-0.25, -0.2) is 4.39 Å². The molecule has 0 aliphatic carbocycles. The quantitative estimate of drug-likeness (QED) is 0.829. The molecule has 98 valence electrons. The predicted octanol–water partition coefficient (Wildman–Crippen LogP) is 2.04. The number of anilines is 1. The Morgan fingerprint density at radius 1 is 1.42 bits per heavy atom. The fourth-order valence-electron chi connectivity index (χ4n) is 1.71.